The van der Waals surface area contributed by atoms with Crippen molar-refractivity contribution in [1.82, 2.24) is 9.78 Å². The fourth-order valence-corrected chi connectivity index (χ4v) is 2.91. The van der Waals surface area contributed by atoms with E-state index in [1.165, 1.54) is 0 Å². The first-order valence-corrected chi connectivity index (χ1v) is 7.26. The first-order valence-electron chi connectivity index (χ1n) is 6.50. The Morgan fingerprint density at radius 2 is 1.86 bits per heavy atom. The van der Waals surface area contributed by atoms with Crippen LogP contribution in [0.3, 0.4) is 0 Å². The molecule has 2 aromatic carbocycles. The van der Waals surface area contributed by atoms with Crippen molar-refractivity contribution < 1.29 is 4.42 Å². The van der Waals surface area contributed by atoms with E-state index in [2.05, 4.69) is 5.10 Å². The Morgan fingerprint density at radius 1 is 1.05 bits per heavy atom. The summed E-state index contributed by atoms with van der Waals surface area (Å²) in [6, 6.07) is 12.4. The molecule has 0 saturated heterocycles. The predicted octanol–water partition coefficient (Wildman–Crippen LogP) is 4.44. The molecule has 0 N–H and O–H groups in total. The Morgan fingerprint density at radius 3 is 2.68 bits per heavy atom. The van der Waals surface area contributed by atoms with E-state index in [4.69, 9.17) is 27.6 Å². The third-order valence-corrected chi connectivity index (χ3v) is 3.97. The average Bonchev–Trinajstić information content (AvgIpc) is 2.93. The summed E-state index contributed by atoms with van der Waals surface area (Å²) in [5.41, 5.74) is 1.31. The smallest absolute Gasteiger partial charge is 0.347 e. The molecular formula is C16H8Cl2N2O2. The predicted molar refractivity (Wildman–Crippen MR) is 87.1 cm³/mol. The minimum absolute atomic E-state index is 0.407. The van der Waals surface area contributed by atoms with Crippen LogP contribution < -0.4 is 5.63 Å². The van der Waals surface area contributed by atoms with E-state index in [0.29, 0.717) is 32.2 Å². The molecule has 6 heteroatoms. The van der Waals surface area contributed by atoms with Crippen molar-refractivity contribution in [3.63, 3.8) is 0 Å². The van der Waals surface area contributed by atoms with Crippen molar-refractivity contribution in [3.8, 4) is 5.69 Å². The fraction of sp³-hybridized carbons (Fsp3) is 0. The first kappa shape index (κ1) is 13.4. The molecule has 0 aliphatic rings. The SMILES string of the molecule is O=c1oc2ccccc2c2nn(-c3ccc(Cl)cc3Cl)cc12. The Kier molecular flexibility index (Phi) is 2.96. The molecular weight excluding hydrogens is 323 g/mol. The van der Waals surface area contributed by atoms with Crippen molar-refractivity contribution in [3.05, 3.63) is 69.1 Å². The van der Waals surface area contributed by atoms with Gasteiger partial charge >= 0.3 is 5.63 Å². The second-order valence-corrected chi connectivity index (χ2v) is 5.66. The molecule has 0 aliphatic carbocycles. The molecule has 2 heterocycles. The number of hydrogen-bond acceptors (Lipinski definition) is 3. The maximum absolute atomic E-state index is 12.1. The number of rotatable bonds is 1. The van der Waals surface area contributed by atoms with E-state index in [1.807, 2.05) is 18.2 Å². The molecule has 0 bridgehead atoms. The fourth-order valence-electron chi connectivity index (χ4n) is 2.42. The van der Waals surface area contributed by atoms with Crippen molar-refractivity contribution in [2.45, 2.75) is 0 Å². The minimum atomic E-state index is -0.426. The number of para-hydroxylation sites is 1. The molecule has 0 aliphatic heterocycles. The minimum Gasteiger partial charge on any atom is -0.422 e. The van der Waals surface area contributed by atoms with Crippen LogP contribution in [0.15, 0.2) is 57.9 Å². The molecule has 4 rings (SSSR count). The standard InChI is InChI=1S/C16H8Cl2N2O2/c17-9-5-6-13(12(18)7-9)20-8-11-15(19-20)10-3-1-2-4-14(10)22-16(11)21/h1-8H. The highest BCUT2D eigenvalue weighted by Crippen LogP contribution is 2.27. The number of aromatic nitrogens is 2. The second-order valence-electron chi connectivity index (χ2n) is 4.82. The van der Waals surface area contributed by atoms with Crippen LogP contribution in [0, 0.1) is 0 Å². The molecule has 4 aromatic rings. The van der Waals surface area contributed by atoms with Gasteiger partial charge in [0.15, 0.2) is 0 Å². The van der Waals surface area contributed by atoms with Gasteiger partial charge in [-0.3, -0.25) is 0 Å². The normalized spacial score (nSPS) is 11.4. The molecule has 0 amide bonds. The zero-order valence-corrected chi connectivity index (χ0v) is 12.6. The van der Waals surface area contributed by atoms with Gasteiger partial charge in [0.1, 0.15) is 16.5 Å². The highest BCUT2D eigenvalue weighted by Gasteiger charge is 2.13. The van der Waals surface area contributed by atoms with Crippen LogP contribution in [0.25, 0.3) is 27.6 Å². The Bertz CT molecular complexity index is 1080. The second kappa shape index (κ2) is 4.87. The highest BCUT2D eigenvalue weighted by atomic mass is 35.5. The van der Waals surface area contributed by atoms with Crippen LogP contribution in [-0.4, -0.2) is 9.78 Å². The maximum Gasteiger partial charge on any atom is 0.347 e. The van der Waals surface area contributed by atoms with Gasteiger partial charge in [-0.2, -0.15) is 5.10 Å². The van der Waals surface area contributed by atoms with Crippen molar-refractivity contribution in [2.24, 2.45) is 0 Å². The summed E-state index contributed by atoms with van der Waals surface area (Å²) in [7, 11) is 0. The molecule has 0 unspecified atom stereocenters. The highest BCUT2D eigenvalue weighted by molar-refractivity contribution is 6.35. The van der Waals surface area contributed by atoms with E-state index >= 15 is 0 Å². The van der Waals surface area contributed by atoms with E-state index < -0.39 is 5.63 Å². The van der Waals surface area contributed by atoms with Gasteiger partial charge in [-0.05, 0) is 30.3 Å². The number of hydrogen-bond donors (Lipinski definition) is 0. The molecule has 0 fully saturated rings. The Labute approximate surface area is 134 Å². The summed E-state index contributed by atoms with van der Waals surface area (Å²) in [6.45, 7) is 0. The van der Waals surface area contributed by atoms with Gasteiger partial charge < -0.3 is 4.42 Å². The number of nitrogens with zero attached hydrogens (tertiary/aromatic N) is 2. The van der Waals surface area contributed by atoms with Crippen LogP contribution in [0.4, 0.5) is 0 Å². The Hall–Kier alpha value is -2.30. The van der Waals surface area contributed by atoms with Gasteiger partial charge in [-0.25, -0.2) is 9.48 Å². The molecule has 0 saturated carbocycles. The van der Waals surface area contributed by atoms with Crippen LogP contribution in [0.1, 0.15) is 0 Å². The lowest BCUT2D eigenvalue weighted by atomic mass is 10.2. The van der Waals surface area contributed by atoms with Gasteiger partial charge in [-0.15, -0.1) is 0 Å². The molecule has 22 heavy (non-hydrogen) atoms. The average molecular weight is 331 g/mol. The molecule has 0 atom stereocenters. The first-order chi connectivity index (χ1) is 10.6. The summed E-state index contributed by atoms with van der Waals surface area (Å²) < 4.78 is 6.87. The van der Waals surface area contributed by atoms with Gasteiger partial charge in [0.05, 0.1) is 10.7 Å². The molecule has 2 aromatic heterocycles. The lowest BCUT2D eigenvalue weighted by Crippen LogP contribution is -1.97. The van der Waals surface area contributed by atoms with Crippen LogP contribution >= 0.6 is 23.2 Å². The number of fused-ring (bicyclic) bond motifs is 3. The third-order valence-electron chi connectivity index (χ3n) is 3.44. The van der Waals surface area contributed by atoms with Crippen molar-refractivity contribution >= 4 is 45.1 Å². The van der Waals surface area contributed by atoms with Crippen LogP contribution in [-0.2, 0) is 0 Å². The van der Waals surface area contributed by atoms with Gasteiger partial charge in [0.25, 0.3) is 0 Å². The lowest BCUT2D eigenvalue weighted by molar-refractivity contribution is 0.569. The quantitative estimate of drug-likeness (QED) is 0.485. The summed E-state index contributed by atoms with van der Waals surface area (Å²) >= 11 is 12.1. The number of halogens is 2. The van der Waals surface area contributed by atoms with Crippen molar-refractivity contribution in [1.29, 1.82) is 0 Å². The molecule has 0 spiro atoms. The summed E-state index contributed by atoms with van der Waals surface area (Å²) in [5, 5.41) is 6.67. The number of benzene rings is 2. The molecule has 4 nitrogen and oxygen atoms in total. The van der Waals surface area contributed by atoms with E-state index in [-0.39, 0.29) is 0 Å². The summed E-state index contributed by atoms with van der Waals surface area (Å²) in [5.74, 6) is 0. The van der Waals surface area contributed by atoms with Crippen LogP contribution in [0.5, 0.6) is 0 Å². The van der Waals surface area contributed by atoms with Gasteiger partial charge in [-0.1, -0.05) is 35.3 Å². The van der Waals surface area contributed by atoms with Gasteiger partial charge in [0, 0.05) is 16.6 Å². The summed E-state index contributed by atoms with van der Waals surface area (Å²) in [4.78, 5) is 12.1. The lowest BCUT2D eigenvalue weighted by Gasteiger charge is -2.03. The van der Waals surface area contributed by atoms with Gasteiger partial charge in [0.2, 0.25) is 0 Å². The third kappa shape index (κ3) is 2.00. The van der Waals surface area contributed by atoms with Crippen molar-refractivity contribution in [2.75, 3.05) is 0 Å². The Balaban J connectivity index is 2.07. The van der Waals surface area contributed by atoms with E-state index in [0.717, 1.165) is 5.39 Å². The zero-order valence-electron chi connectivity index (χ0n) is 11.1. The summed E-state index contributed by atoms with van der Waals surface area (Å²) in [6.07, 6.45) is 1.61. The maximum atomic E-state index is 12.1. The largest absolute Gasteiger partial charge is 0.422 e. The molecule has 108 valence electrons. The van der Waals surface area contributed by atoms with E-state index in [1.54, 1.807) is 35.1 Å². The van der Waals surface area contributed by atoms with E-state index in [9.17, 15) is 4.79 Å². The monoisotopic (exact) mass is 330 g/mol. The topological polar surface area (TPSA) is 48.0 Å². The zero-order chi connectivity index (χ0) is 15.3. The van der Waals surface area contributed by atoms with Crippen LogP contribution in [0.2, 0.25) is 10.0 Å². The molecule has 0 radical (unpaired) electrons.